The fourth-order valence-corrected chi connectivity index (χ4v) is 4.09. The van der Waals surface area contributed by atoms with Crippen molar-refractivity contribution in [2.24, 2.45) is 0 Å². The Bertz CT molecular complexity index is 916. The highest BCUT2D eigenvalue weighted by Gasteiger charge is 2.47. The van der Waals surface area contributed by atoms with Crippen molar-refractivity contribution in [2.75, 3.05) is 13.7 Å². The summed E-state index contributed by atoms with van der Waals surface area (Å²) < 4.78 is 8.02. The Labute approximate surface area is 180 Å². The van der Waals surface area contributed by atoms with Crippen LogP contribution in [0.4, 0.5) is 0 Å². The van der Waals surface area contributed by atoms with Crippen LogP contribution in [0.15, 0.2) is 67.3 Å². The van der Waals surface area contributed by atoms with E-state index in [4.69, 9.17) is 32.8 Å². The molecule has 4 rings (SSSR count). The van der Waals surface area contributed by atoms with Crippen LogP contribution in [0.5, 0.6) is 0 Å². The van der Waals surface area contributed by atoms with E-state index in [2.05, 4.69) is 21.7 Å². The monoisotopic (exact) mass is 431 g/mol. The normalized spacial score (nSPS) is 22.2. The van der Waals surface area contributed by atoms with Gasteiger partial charge in [0.1, 0.15) is 6.10 Å². The molecular formula is C22H23Cl2N3O2. The number of nitrogens with zero attached hydrogens (tertiary/aromatic N) is 3. The van der Waals surface area contributed by atoms with Crippen LogP contribution in [0.1, 0.15) is 17.5 Å². The van der Waals surface area contributed by atoms with E-state index in [0.29, 0.717) is 13.2 Å². The molecule has 2 unspecified atom stereocenters. The van der Waals surface area contributed by atoms with E-state index in [1.54, 1.807) is 6.20 Å². The maximum atomic E-state index is 6.19. The molecule has 0 N–H and O–H groups in total. The van der Waals surface area contributed by atoms with Gasteiger partial charge in [0.2, 0.25) is 0 Å². The van der Waals surface area contributed by atoms with Gasteiger partial charge < -0.3 is 9.30 Å². The molecule has 5 nitrogen and oxygen atoms in total. The van der Waals surface area contributed by atoms with E-state index in [1.165, 1.54) is 0 Å². The predicted octanol–water partition coefficient (Wildman–Crippen LogP) is 4.94. The topological polar surface area (TPSA) is 39.5 Å². The van der Waals surface area contributed by atoms with Gasteiger partial charge in [-0.1, -0.05) is 47.5 Å². The summed E-state index contributed by atoms with van der Waals surface area (Å²) in [5.74, 6) is 0. The first-order chi connectivity index (χ1) is 14.0. The number of aromatic nitrogens is 2. The van der Waals surface area contributed by atoms with Crippen LogP contribution in [-0.4, -0.2) is 34.4 Å². The predicted molar refractivity (Wildman–Crippen MR) is 114 cm³/mol. The van der Waals surface area contributed by atoms with Crippen molar-refractivity contribution in [1.29, 1.82) is 0 Å². The van der Waals surface area contributed by atoms with Gasteiger partial charge in [0, 0.05) is 42.5 Å². The van der Waals surface area contributed by atoms with Crippen molar-refractivity contribution < 1.29 is 9.57 Å². The smallest absolute Gasteiger partial charge is 0.105 e. The minimum atomic E-state index is -0.334. The van der Waals surface area contributed by atoms with Crippen molar-refractivity contribution in [3.63, 3.8) is 0 Å². The van der Waals surface area contributed by atoms with Gasteiger partial charge in [-0.25, -0.2) is 4.98 Å². The van der Waals surface area contributed by atoms with Crippen molar-refractivity contribution in [3.05, 3.63) is 88.4 Å². The number of rotatable bonds is 7. The van der Waals surface area contributed by atoms with Gasteiger partial charge in [0.25, 0.3) is 0 Å². The molecule has 0 aliphatic carbocycles. The summed E-state index contributed by atoms with van der Waals surface area (Å²) in [7, 11) is 1.98. The zero-order chi connectivity index (χ0) is 20.3. The summed E-state index contributed by atoms with van der Waals surface area (Å²) in [4.78, 5) is 10.4. The number of hydrogen-bond donors (Lipinski definition) is 0. The summed E-state index contributed by atoms with van der Waals surface area (Å²) in [6.45, 7) is 1.75. The van der Waals surface area contributed by atoms with Crippen LogP contribution in [-0.2, 0) is 28.3 Å². The summed E-state index contributed by atoms with van der Waals surface area (Å²) in [6, 6.07) is 15.7. The Morgan fingerprint density at radius 1 is 1.10 bits per heavy atom. The lowest BCUT2D eigenvalue weighted by Gasteiger charge is -2.35. The van der Waals surface area contributed by atoms with Crippen molar-refractivity contribution in [1.82, 2.24) is 14.6 Å². The van der Waals surface area contributed by atoms with Crippen LogP contribution in [0.25, 0.3) is 0 Å². The first-order valence-corrected chi connectivity index (χ1v) is 10.3. The summed E-state index contributed by atoms with van der Waals surface area (Å²) >= 11 is 12.1. The molecule has 0 amide bonds. The SMILES string of the molecule is CN1OC(COCc2ccc(Cl)cc2)CC1(Cn1ccnc1)c1ccc(Cl)cc1. The minimum Gasteiger partial charge on any atom is -0.374 e. The molecule has 0 spiro atoms. The summed E-state index contributed by atoms with van der Waals surface area (Å²) in [5.41, 5.74) is 1.90. The van der Waals surface area contributed by atoms with Gasteiger partial charge in [-0.05, 0) is 35.4 Å². The molecule has 2 aromatic carbocycles. The number of halogens is 2. The number of imidazole rings is 1. The third-order valence-electron chi connectivity index (χ3n) is 5.35. The van der Waals surface area contributed by atoms with Crippen LogP contribution in [0.3, 0.4) is 0 Å². The van der Waals surface area contributed by atoms with Gasteiger partial charge in [-0.3, -0.25) is 4.84 Å². The van der Waals surface area contributed by atoms with Crippen LogP contribution < -0.4 is 0 Å². The molecule has 1 aliphatic heterocycles. The molecule has 0 radical (unpaired) electrons. The Kier molecular flexibility index (Phi) is 6.23. The highest BCUT2D eigenvalue weighted by molar-refractivity contribution is 6.30. The first kappa shape index (κ1) is 20.4. The standard InChI is InChI=1S/C22H23Cl2N3O2/c1-26-22(15-27-11-10-25-16-27,18-4-8-20(24)9-5-18)12-21(29-26)14-28-13-17-2-6-19(23)7-3-17/h2-11,16,21H,12-15H2,1H3. The minimum absolute atomic E-state index is 0.0495. The molecule has 2 atom stereocenters. The van der Waals surface area contributed by atoms with Gasteiger partial charge in [0.15, 0.2) is 0 Å². The van der Waals surface area contributed by atoms with E-state index in [-0.39, 0.29) is 11.6 Å². The van der Waals surface area contributed by atoms with E-state index in [0.717, 1.165) is 34.1 Å². The quantitative estimate of drug-likeness (QED) is 0.531. The number of hydroxylamine groups is 2. The molecule has 7 heteroatoms. The third-order valence-corrected chi connectivity index (χ3v) is 5.85. The second-order valence-corrected chi connectivity index (χ2v) is 8.22. The molecular weight excluding hydrogens is 409 g/mol. The zero-order valence-electron chi connectivity index (χ0n) is 16.2. The average molecular weight is 432 g/mol. The maximum absolute atomic E-state index is 6.19. The van der Waals surface area contributed by atoms with Gasteiger partial charge in [0.05, 0.1) is 25.1 Å². The van der Waals surface area contributed by atoms with Crippen LogP contribution >= 0.6 is 23.2 Å². The molecule has 0 bridgehead atoms. The molecule has 152 valence electrons. The summed E-state index contributed by atoms with van der Waals surface area (Å²) in [6.07, 6.45) is 6.33. The Hall–Kier alpha value is -1.89. The van der Waals surface area contributed by atoms with Gasteiger partial charge >= 0.3 is 0 Å². The number of ether oxygens (including phenoxy) is 1. The first-order valence-electron chi connectivity index (χ1n) is 9.50. The number of benzene rings is 2. The van der Waals surface area contributed by atoms with Crippen LogP contribution in [0, 0.1) is 0 Å². The lowest BCUT2D eigenvalue weighted by Crippen LogP contribution is -2.41. The third kappa shape index (κ3) is 4.65. The molecule has 1 saturated heterocycles. The van der Waals surface area contributed by atoms with Crippen molar-refractivity contribution >= 4 is 23.2 Å². The molecule has 1 aliphatic rings. The van der Waals surface area contributed by atoms with E-state index < -0.39 is 0 Å². The van der Waals surface area contributed by atoms with Crippen molar-refractivity contribution in [3.8, 4) is 0 Å². The number of likely N-dealkylation sites (N-methyl/N-ethyl adjacent to an activating group) is 1. The average Bonchev–Trinajstić information content (AvgIpc) is 3.33. The van der Waals surface area contributed by atoms with E-state index in [9.17, 15) is 0 Å². The molecule has 1 aromatic heterocycles. The zero-order valence-corrected chi connectivity index (χ0v) is 17.7. The number of hydrogen-bond acceptors (Lipinski definition) is 4. The second-order valence-electron chi connectivity index (χ2n) is 7.34. The molecule has 29 heavy (non-hydrogen) atoms. The largest absolute Gasteiger partial charge is 0.374 e. The lowest BCUT2D eigenvalue weighted by atomic mass is 9.85. The van der Waals surface area contributed by atoms with Gasteiger partial charge in [-0.2, -0.15) is 5.06 Å². The van der Waals surface area contributed by atoms with E-state index in [1.807, 2.05) is 61.0 Å². The molecule has 2 heterocycles. The summed E-state index contributed by atoms with van der Waals surface area (Å²) in [5, 5.41) is 3.39. The Morgan fingerprint density at radius 3 is 2.45 bits per heavy atom. The highest BCUT2D eigenvalue weighted by Crippen LogP contribution is 2.41. The van der Waals surface area contributed by atoms with Crippen molar-refractivity contribution in [2.45, 2.75) is 31.2 Å². The Balaban J connectivity index is 1.48. The molecule has 1 fully saturated rings. The highest BCUT2D eigenvalue weighted by atomic mass is 35.5. The Morgan fingerprint density at radius 2 is 1.79 bits per heavy atom. The fourth-order valence-electron chi connectivity index (χ4n) is 3.84. The second kappa shape index (κ2) is 8.86. The lowest BCUT2D eigenvalue weighted by molar-refractivity contribution is -0.185. The van der Waals surface area contributed by atoms with Gasteiger partial charge in [-0.15, -0.1) is 0 Å². The maximum Gasteiger partial charge on any atom is 0.105 e. The fraction of sp³-hybridized carbons (Fsp3) is 0.318. The molecule has 0 saturated carbocycles. The van der Waals surface area contributed by atoms with Crippen LogP contribution in [0.2, 0.25) is 10.0 Å². The van der Waals surface area contributed by atoms with E-state index >= 15 is 0 Å². The molecule has 3 aromatic rings.